The van der Waals surface area contributed by atoms with E-state index in [2.05, 4.69) is 18.5 Å². The summed E-state index contributed by atoms with van der Waals surface area (Å²) < 4.78 is 5.63. The first-order valence-corrected chi connectivity index (χ1v) is 8.54. The Morgan fingerprint density at radius 2 is 1.93 bits per heavy atom. The molecule has 0 atom stereocenters. The topological polar surface area (TPSA) is 62.1 Å². The molecule has 0 bridgehead atoms. The van der Waals surface area contributed by atoms with Crippen LogP contribution in [0.15, 0.2) is 73.3 Å². The Bertz CT molecular complexity index is 903. The van der Waals surface area contributed by atoms with Gasteiger partial charge in [-0.2, -0.15) is 5.26 Å². The zero-order chi connectivity index (χ0) is 19.6. The van der Waals surface area contributed by atoms with Gasteiger partial charge in [-0.3, -0.25) is 4.79 Å². The molecule has 0 saturated carbocycles. The number of carbonyl (C=O) groups excluding carboxylic acids is 1. The van der Waals surface area contributed by atoms with Crippen LogP contribution in [0.25, 0.3) is 6.08 Å². The van der Waals surface area contributed by atoms with Crippen LogP contribution in [0.4, 0.5) is 5.69 Å². The SMILES string of the molecule is C=CCOc1ccc(/C=C(/C#N)C(=O)Nc2ccc(C)cc2)cc1CC=C. The second-order valence-electron chi connectivity index (χ2n) is 5.95. The van der Waals surface area contributed by atoms with E-state index in [-0.39, 0.29) is 5.57 Å². The summed E-state index contributed by atoms with van der Waals surface area (Å²) in [6, 6.07) is 14.9. The summed E-state index contributed by atoms with van der Waals surface area (Å²) >= 11 is 0. The quantitative estimate of drug-likeness (QED) is 0.417. The Balaban J connectivity index is 2.24. The molecule has 1 amide bonds. The minimum Gasteiger partial charge on any atom is -0.489 e. The fourth-order valence-corrected chi connectivity index (χ4v) is 2.44. The highest BCUT2D eigenvalue weighted by atomic mass is 16.5. The van der Waals surface area contributed by atoms with E-state index >= 15 is 0 Å². The van der Waals surface area contributed by atoms with Crippen molar-refractivity contribution in [3.63, 3.8) is 0 Å². The van der Waals surface area contributed by atoms with Crippen molar-refractivity contribution in [2.75, 3.05) is 11.9 Å². The Morgan fingerprint density at radius 3 is 2.56 bits per heavy atom. The van der Waals surface area contributed by atoms with E-state index in [1.807, 2.05) is 43.3 Å². The number of nitrogens with one attached hydrogen (secondary N) is 1. The Labute approximate surface area is 160 Å². The number of nitrogens with zero attached hydrogens (tertiary/aromatic N) is 1. The zero-order valence-electron chi connectivity index (χ0n) is 15.4. The lowest BCUT2D eigenvalue weighted by Crippen LogP contribution is -2.13. The van der Waals surface area contributed by atoms with Gasteiger partial charge in [0, 0.05) is 5.69 Å². The second-order valence-corrected chi connectivity index (χ2v) is 5.95. The molecule has 4 nitrogen and oxygen atoms in total. The maximum Gasteiger partial charge on any atom is 0.266 e. The molecule has 2 rings (SSSR count). The van der Waals surface area contributed by atoms with Gasteiger partial charge in [0.2, 0.25) is 0 Å². The highest BCUT2D eigenvalue weighted by molar-refractivity contribution is 6.09. The molecule has 0 aliphatic rings. The molecule has 0 aliphatic heterocycles. The molecule has 0 heterocycles. The lowest BCUT2D eigenvalue weighted by molar-refractivity contribution is -0.112. The number of benzene rings is 2. The molecular formula is C23H22N2O2. The normalized spacial score (nSPS) is 10.6. The van der Waals surface area contributed by atoms with E-state index in [0.29, 0.717) is 18.7 Å². The number of aryl methyl sites for hydroxylation is 1. The summed E-state index contributed by atoms with van der Waals surface area (Å²) in [7, 11) is 0. The number of nitriles is 1. The minimum absolute atomic E-state index is 0.0277. The van der Waals surface area contributed by atoms with Crippen LogP contribution in [0.1, 0.15) is 16.7 Å². The van der Waals surface area contributed by atoms with Crippen molar-refractivity contribution in [3.05, 3.63) is 90.0 Å². The van der Waals surface area contributed by atoms with Crippen LogP contribution in [-0.2, 0) is 11.2 Å². The molecule has 4 heteroatoms. The van der Waals surface area contributed by atoms with E-state index in [0.717, 1.165) is 22.4 Å². The summed E-state index contributed by atoms with van der Waals surface area (Å²) in [6.45, 7) is 9.77. The van der Waals surface area contributed by atoms with E-state index < -0.39 is 5.91 Å². The van der Waals surface area contributed by atoms with Gasteiger partial charge in [0.05, 0.1) is 0 Å². The monoisotopic (exact) mass is 358 g/mol. The molecule has 1 N–H and O–H groups in total. The summed E-state index contributed by atoms with van der Waals surface area (Å²) in [6.07, 6.45) is 5.63. The number of rotatable bonds is 8. The minimum atomic E-state index is -0.446. The van der Waals surface area contributed by atoms with Crippen LogP contribution >= 0.6 is 0 Å². The van der Waals surface area contributed by atoms with Crippen molar-refractivity contribution in [2.45, 2.75) is 13.3 Å². The molecule has 136 valence electrons. The van der Waals surface area contributed by atoms with Crippen LogP contribution in [0.3, 0.4) is 0 Å². The summed E-state index contributed by atoms with van der Waals surface area (Å²) in [5, 5.41) is 12.1. The van der Waals surface area contributed by atoms with E-state index in [1.54, 1.807) is 30.4 Å². The van der Waals surface area contributed by atoms with Gasteiger partial charge in [-0.25, -0.2) is 0 Å². The molecule has 0 saturated heterocycles. The van der Waals surface area contributed by atoms with Gasteiger partial charge in [0.25, 0.3) is 5.91 Å². The van der Waals surface area contributed by atoms with Gasteiger partial charge in [-0.1, -0.05) is 42.5 Å². The Kier molecular flexibility index (Phi) is 7.16. The van der Waals surface area contributed by atoms with Crippen molar-refractivity contribution >= 4 is 17.7 Å². The van der Waals surface area contributed by atoms with Crippen molar-refractivity contribution in [2.24, 2.45) is 0 Å². The van der Waals surface area contributed by atoms with Crippen molar-refractivity contribution < 1.29 is 9.53 Å². The van der Waals surface area contributed by atoms with Gasteiger partial charge in [0.15, 0.2) is 0 Å². The molecule has 2 aromatic carbocycles. The number of carbonyl (C=O) groups is 1. The third-order valence-corrected chi connectivity index (χ3v) is 3.79. The average molecular weight is 358 g/mol. The largest absolute Gasteiger partial charge is 0.489 e. The van der Waals surface area contributed by atoms with E-state index in [1.165, 1.54) is 0 Å². The molecule has 27 heavy (non-hydrogen) atoms. The number of ether oxygens (including phenoxy) is 1. The third-order valence-electron chi connectivity index (χ3n) is 3.79. The van der Waals surface area contributed by atoms with Gasteiger partial charge in [-0.15, -0.1) is 6.58 Å². The predicted octanol–water partition coefficient (Wildman–Crippen LogP) is 4.83. The molecular weight excluding hydrogens is 336 g/mol. The summed E-state index contributed by atoms with van der Waals surface area (Å²) in [5.74, 6) is 0.285. The van der Waals surface area contributed by atoms with E-state index in [9.17, 15) is 10.1 Å². The average Bonchev–Trinajstić information content (AvgIpc) is 2.67. The highest BCUT2D eigenvalue weighted by Gasteiger charge is 2.10. The number of amides is 1. The predicted molar refractivity (Wildman–Crippen MR) is 109 cm³/mol. The molecule has 0 radical (unpaired) electrons. The Morgan fingerprint density at radius 1 is 1.19 bits per heavy atom. The number of allylic oxidation sites excluding steroid dienone is 1. The van der Waals surface area contributed by atoms with Crippen molar-refractivity contribution in [3.8, 4) is 11.8 Å². The van der Waals surface area contributed by atoms with Crippen LogP contribution < -0.4 is 10.1 Å². The molecule has 0 aromatic heterocycles. The van der Waals surface area contributed by atoms with Crippen LogP contribution in [0, 0.1) is 18.3 Å². The second kappa shape index (κ2) is 9.79. The molecule has 2 aromatic rings. The fourth-order valence-electron chi connectivity index (χ4n) is 2.44. The molecule has 0 spiro atoms. The van der Waals surface area contributed by atoms with Crippen LogP contribution in [0.2, 0.25) is 0 Å². The smallest absolute Gasteiger partial charge is 0.266 e. The number of hydrogen-bond donors (Lipinski definition) is 1. The number of hydrogen-bond acceptors (Lipinski definition) is 3. The first-order chi connectivity index (χ1) is 13.1. The van der Waals surface area contributed by atoms with Crippen molar-refractivity contribution in [1.82, 2.24) is 0 Å². The summed E-state index contributed by atoms with van der Waals surface area (Å²) in [5.41, 5.74) is 3.44. The summed E-state index contributed by atoms with van der Waals surface area (Å²) in [4.78, 5) is 12.4. The zero-order valence-corrected chi connectivity index (χ0v) is 15.4. The van der Waals surface area contributed by atoms with Crippen LogP contribution in [-0.4, -0.2) is 12.5 Å². The standard InChI is InChI=1S/C23H22N2O2/c1-4-6-19-14-18(9-12-22(19)27-13-5-2)15-20(16-24)23(26)25-21-10-7-17(3)8-11-21/h4-5,7-12,14-15H,1-2,6,13H2,3H3,(H,25,26)/b20-15-. The maximum atomic E-state index is 12.4. The Hall–Kier alpha value is -3.58. The van der Waals surface area contributed by atoms with Crippen LogP contribution in [0.5, 0.6) is 5.75 Å². The third kappa shape index (κ3) is 5.72. The first kappa shape index (κ1) is 19.7. The number of anilines is 1. The molecule has 0 aliphatic carbocycles. The van der Waals surface area contributed by atoms with Gasteiger partial charge in [-0.05, 0) is 54.8 Å². The lowest BCUT2D eigenvalue weighted by Gasteiger charge is -2.10. The maximum absolute atomic E-state index is 12.4. The molecule has 0 fully saturated rings. The highest BCUT2D eigenvalue weighted by Crippen LogP contribution is 2.23. The molecule has 0 unspecified atom stereocenters. The fraction of sp³-hybridized carbons (Fsp3) is 0.130. The lowest BCUT2D eigenvalue weighted by atomic mass is 10.0. The van der Waals surface area contributed by atoms with Crippen molar-refractivity contribution in [1.29, 1.82) is 5.26 Å². The van der Waals surface area contributed by atoms with Gasteiger partial charge in [0.1, 0.15) is 24.0 Å². The first-order valence-electron chi connectivity index (χ1n) is 8.54. The van der Waals surface area contributed by atoms with E-state index in [4.69, 9.17) is 4.74 Å². The van der Waals surface area contributed by atoms with Gasteiger partial charge < -0.3 is 10.1 Å². The van der Waals surface area contributed by atoms with Gasteiger partial charge >= 0.3 is 0 Å².